The number of hydrogen-bond donors (Lipinski definition) is 3. The van der Waals surface area contributed by atoms with Crippen molar-refractivity contribution >= 4 is 47.6 Å². The molecular weight excluding hydrogens is 497 g/mol. The molecule has 0 aromatic heterocycles. The van der Waals surface area contributed by atoms with Gasteiger partial charge in [-0.25, -0.2) is 0 Å². The highest BCUT2D eigenvalue weighted by Gasteiger charge is 2.23. The number of piperidine rings is 1. The van der Waals surface area contributed by atoms with Gasteiger partial charge >= 0.3 is 0 Å². The zero-order valence-electron chi connectivity index (χ0n) is 17.2. The van der Waals surface area contributed by atoms with Crippen molar-refractivity contribution in [3.63, 3.8) is 0 Å². The Bertz CT molecular complexity index is 681. The molecule has 2 saturated heterocycles. The van der Waals surface area contributed by atoms with Gasteiger partial charge in [0.05, 0.1) is 5.92 Å². The molecule has 2 fully saturated rings. The molecule has 1 aromatic rings. The number of guanidine groups is 1. The lowest BCUT2D eigenvalue weighted by atomic mass is 9.97. The van der Waals surface area contributed by atoms with Crippen LogP contribution in [0.4, 0.5) is 0 Å². The van der Waals surface area contributed by atoms with E-state index >= 15 is 0 Å². The molecular formula is C21H34IN5OS. The Morgan fingerprint density at radius 1 is 1.31 bits per heavy atom. The molecule has 0 spiro atoms. The molecule has 0 saturated carbocycles. The van der Waals surface area contributed by atoms with E-state index in [4.69, 9.17) is 5.73 Å². The topological polar surface area (TPSA) is 82.8 Å². The fourth-order valence-corrected chi connectivity index (χ4v) is 5.03. The summed E-state index contributed by atoms with van der Waals surface area (Å²) in [5.41, 5.74) is 8.01. The van der Waals surface area contributed by atoms with Crippen LogP contribution in [0.15, 0.2) is 29.3 Å². The fourth-order valence-electron chi connectivity index (χ4n) is 3.96. The van der Waals surface area contributed by atoms with Gasteiger partial charge in [-0.3, -0.25) is 14.7 Å². The van der Waals surface area contributed by atoms with Gasteiger partial charge in [-0.05, 0) is 49.1 Å². The number of hydrogen-bond acceptors (Lipinski definition) is 4. The van der Waals surface area contributed by atoms with E-state index in [1.807, 2.05) is 18.8 Å². The lowest BCUT2D eigenvalue weighted by molar-refractivity contribution is -0.123. The van der Waals surface area contributed by atoms with Crippen LogP contribution in [0.3, 0.4) is 0 Å². The molecule has 4 N–H and O–H groups in total. The number of rotatable bonds is 6. The summed E-state index contributed by atoms with van der Waals surface area (Å²) in [4.78, 5) is 18.2. The average Bonchev–Trinajstić information content (AvgIpc) is 2.72. The summed E-state index contributed by atoms with van der Waals surface area (Å²) in [5.74, 6) is 3.12. The van der Waals surface area contributed by atoms with Crippen molar-refractivity contribution in [2.45, 2.75) is 44.8 Å². The molecule has 0 bridgehead atoms. The highest BCUT2D eigenvalue weighted by Crippen LogP contribution is 2.19. The van der Waals surface area contributed by atoms with Gasteiger partial charge in [0.1, 0.15) is 0 Å². The van der Waals surface area contributed by atoms with Crippen LogP contribution in [0.2, 0.25) is 0 Å². The van der Waals surface area contributed by atoms with Gasteiger partial charge in [0, 0.05) is 38.5 Å². The number of primary amides is 1. The van der Waals surface area contributed by atoms with E-state index in [2.05, 4.69) is 44.8 Å². The van der Waals surface area contributed by atoms with Crippen LogP contribution in [-0.2, 0) is 17.9 Å². The molecule has 1 amide bonds. The van der Waals surface area contributed by atoms with Crippen molar-refractivity contribution in [2.75, 3.05) is 31.6 Å². The number of halogens is 1. The lowest BCUT2D eigenvalue weighted by Crippen LogP contribution is -2.45. The lowest BCUT2D eigenvalue weighted by Gasteiger charge is -2.31. The Morgan fingerprint density at radius 2 is 2.14 bits per heavy atom. The Morgan fingerprint density at radius 3 is 2.86 bits per heavy atom. The minimum atomic E-state index is -0.169. The molecule has 2 atom stereocenters. The summed E-state index contributed by atoms with van der Waals surface area (Å²) in [6.45, 7) is 3.41. The Balaban J connectivity index is 0.00000300. The summed E-state index contributed by atoms with van der Waals surface area (Å²) in [6.07, 6.45) is 4.44. The second-order valence-electron chi connectivity index (χ2n) is 7.78. The molecule has 2 aliphatic rings. The number of amides is 1. The molecule has 1 aromatic carbocycles. The SMILES string of the molecule is CN=C(NCc1cccc(CN2CCCC(C(N)=O)C2)c1)NC1CCCSC1.I. The first-order chi connectivity index (χ1) is 13.6. The first-order valence-corrected chi connectivity index (χ1v) is 11.4. The molecule has 3 rings (SSSR count). The predicted octanol–water partition coefficient (Wildman–Crippen LogP) is 2.56. The third-order valence-electron chi connectivity index (χ3n) is 5.49. The molecule has 0 aliphatic carbocycles. The first-order valence-electron chi connectivity index (χ1n) is 10.3. The highest BCUT2D eigenvalue weighted by molar-refractivity contribution is 14.0. The molecule has 6 nitrogen and oxygen atoms in total. The Labute approximate surface area is 195 Å². The highest BCUT2D eigenvalue weighted by atomic mass is 127. The van der Waals surface area contributed by atoms with E-state index in [0.717, 1.165) is 50.7 Å². The van der Waals surface area contributed by atoms with E-state index in [-0.39, 0.29) is 35.8 Å². The second-order valence-corrected chi connectivity index (χ2v) is 8.93. The van der Waals surface area contributed by atoms with Crippen molar-refractivity contribution in [3.8, 4) is 0 Å². The summed E-state index contributed by atoms with van der Waals surface area (Å²) < 4.78 is 0. The van der Waals surface area contributed by atoms with Crippen LogP contribution in [-0.4, -0.2) is 54.5 Å². The number of thioether (sulfide) groups is 1. The van der Waals surface area contributed by atoms with E-state index in [9.17, 15) is 4.79 Å². The van der Waals surface area contributed by atoms with Crippen molar-refractivity contribution in [1.29, 1.82) is 0 Å². The van der Waals surface area contributed by atoms with Gasteiger partial charge < -0.3 is 16.4 Å². The first kappa shape index (κ1) is 24.3. The maximum atomic E-state index is 11.5. The van der Waals surface area contributed by atoms with Crippen LogP contribution in [0, 0.1) is 5.92 Å². The van der Waals surface area contributed by atoms with Gasteiger partial charge in [-0.1, -0.05) is 24.3 Å². The van der Waals surface area contributed by atoms with E-state index < -0.39 is 0 Å². The third-order valence-corrected chi connectivity index (χ3v) is 6.71. The summed E-state index contributed by atoms with van der Waals surface area (Å²) in [7, 11) is 1.83. The summed E-state index contributed by atoms with van der Waals surface area (Å²) >= 11 is 2.01. The standard InChI is InChI=1S/C21H33N5OS.HI/c1-23-21(25-19-8-4-10-28-15-19)24-12-16-5-2-6-17(11-16)13-26-9-3-7-18(14-26)20(22)27;/h2,5-6,11,18-19H,3-4,7-10,12-15H2,1H3,(H2,22,27)(H2,23,24,25);1H. The van der Waals surface area contributed by atoms with E-state index in [1.165, 1.54) is 29.7 Å². The predicted molar refractivity (Wildman–Crippen MR) is 133 cm³/mol. The number of likely N-dealkylation sites (tertiary alicyclic amines) is 1. The number of nitrogens with zero attached hydrogens (tertiary/aromatic N) is 2. The van der Waals surface area contributed by atoms with E-state index in [0.29, 0.717) is 6.04 Å². The fraction of sp³-hybridized carbons (Fsp3) is 0.619. The third kappa shape index (κ3) is 7.97. The van der Waals surface area contributed by atoms with E-state index in [1.54, 1.807) is 0 Å². The number of benzene rings is 1. The smallest absolute Gasteiger partial charge is 0.221 e. The molecule has 2 heterocycles. The largest absolute Gasteiger partial charge is 0.369 e. The van der Waals surface area contributed by atoms with Gasteiger partial charge in [0.25, 0.3) is 0 Å². The average molecular weight is 532 g/mol. The zero-order chi connectivity index (χ0) is 19.8. The maximum Gasteiger partial charge on any atom is 0.221 e. The molecule has 29 heavy (non-hydrogen) atoms. The minimum Gasteiger partial charge on any atom is -0.369 e. The summed E-state index contributed by atoms with van der Waals surface area (Å²) in [6, 6.07) is 9.15. The minimum absolute atomic E-state index is 0. The zero-order valence-corrected chi connectivity index (χ0v) is 20.4. The van der Waals surface area contributed by atoms with Gasteiger partial charge in [-0.15, -0.1) is 24.0 Å². The van der Waals surface area contributed by atoms with Crippen LogP contribution < -0.4 is 16.4 Å². The Hall–Kier alpha value is -1.00. The second kappa shape index (κ2) is 12.6. The number of carbonyl (C=O) groups is 1. The maximum absolute atomic E-state index is 11.5. The number of nitrogens with one attached hydrogen (secondary N) is 2. The Kier molecular flexibility index (Phi) is 10.6. The molecule has 162 valence electrons. The van der Waals surface area contributed by atoms with Crippen LogP contribution in [0.1, 0.15) is 36.8 Å². The quantitative estimate of drug-likeness (QED) is 0.299. The molecule has 2 aliphatic heterocycles. The van der Waals surface area contributed by atoms with Crippen molar-refractivity contribution < 1.29 is 4.79 Å². The molecule has 8 heteroatoms. The normalized spacial score (nSPS) is 23.1. The van der Waals surface area contributed by atoms with Crippen LogP contribution >= 0.6 is 35.7 Å². The molecule has 2 unspecified atom stereocenters. The number of nitrogens with two attached hydrogens (primary N) is 1. The monoisotopic (exact) mass is 531 g/mol. The van der Waals surface area contributed by atoms with Gasteiger partial charge in [0.2, 0.25) is 5.91 Å². The van der Waals surface area contributed by atoms with Crippen LogP contribution in [0.25, 0.3) is 0 Å². The van der Waals surface area contributed by atoms with Crippen molar-refractivity contribution in [3.05, 3.63) is 35.4 Å². The molecule has 0 radical (unpaired) electrons. The van der Waals surface area contributed by atoms with Gasteiger partial charge in [-0.2, -0.15) is 11.8 Å². The summed E-state index contributed by atoms with van der Waals surface area (Å²) in [5, 5.41) is 6.98. The number of aliphatic imine (C=N–C) groups is 1. The van der Waals surface area contributed by atoms with Crippen molar-refractivity contribution in [2.24, 2.45) is 16.6 Å². The van der Waals surface area contributed by atoms with Gasteiger partial charge in [0.15, 0.2) is 5.96 Å². The van der Waals surface area contributed by atoms with Crippen molar-refractivity contribution in [1.82, 2.24) is 15.5 Å². The number of carbonyl (C=O) groups excluding carboxylic acids is 1. The van der Waals surface area contributed by atoms with Crippen LogP contribution in [0.5, 0.6) is 0 Å².